The number of hydrogen-bond donors (Lipinski definition) is 1. The molecule has 2 rings (SSSR count). The van der Waals surface area contributed by atoms with Crippen LogP contribution in [-0.2, 0) is 6.42 Å². The topological polar surface area (TPSA) is 64.9 Å². The van der Waals surface area contributed by atoms with Crippen molar-refractivity contribution >= 4 is 0 Å². The molecule has 0 fully saturated rings. The van der Waals surface area contributed by atoms with Crippen molar-refractivity contribution in [2.75, 3.05) is 0 Å². The Morgan fingerprint density at radius 2 is 1.94 bits per heavy atom. The summed E-state index contributed by atoms with van der Waals surface area (Å²) in [4.78, 5) is 4.25. The van der Waals surface area contributed by atoms with Crippen LogP contribution in [0.2, 0.25) is 0 Å². The predicted molar refractivity (Wildman–Crippen MR) is 65.3 cm³/mol. The van der Waals surface area contributed by atoms with Crippen molar-refractivity contribution in [2.24, 2.45) is 11.7 Å². The first kappa shape index (κ1) is 12.7. The molecule has 2 N–H and O–H groups in total. The van der Waals surface area contributed by atoms with Gasteiger partial charge in [0.1, 0.15) is 5.82 Å². The molecule has 2 aromatic rings. The lowest BCUT2D eigenvalue weighted by Crippen LogP contribution is -2.17. The highest BCUT2D eigenvalue weighted by Crippen LogP contribution is 2.17. The molecule has 0 unspecified atom stereocenters. The molecule has 0 saturated heterocycles. The number of hydrogen-bond acceptors (Lipinski definition) is 4. The molecule has 1 heterocycles. The summed E-state index contributed by atoms with van der Waals surface area (Å²) in [5, 5.41) is 3.88. The van der Waals surface area contributed by atoms with Gasteiger partial charge in [0.15, 0.2) is 5.82 Å². The Bertz CT molecular complexity index is 507. The molecule has 1 aromatic carbocycles. The van der Waals surface area contributed by atoms with Crippen LogP contribution in [0.3, 0.4) is 0 Å². The molecular weight excluding hydrogens is 233 g/mol. The van der Waals surface area contributed by atoms with Gasteiger partial charge in [-0.15, -0.1) is 0 Å². The van der Waals surface area contributed by atoms with Crippen molar-refractivity contribution in [3.05, 3.63) is 47.4 Å². The third-order valence-electron chi connectivity index (χ3n) is 2.76. The van der Waals surface area contributed by atoms with Gasteiger partial charge in [0.2, 0.25) is 5.89 Å². The number of rotatable bonds is 4. The van der Waals surface area contributed by atoms with E-state index in [9.17, 15) is 4.39 Å². The summed E-state index contributed by atoms with van der Waals surface area (Å²) < 4.78 is 17.9. The number of nitrogens with two attached hydrogens (primary N) is 1. The molecule has 1 aromatic heterocycles. The average Bonchev–Trinajstić information content (AvgIpc) is 2.79. The van der Waals surface area contributed by atoms with Crippen molar-refractivity contribution in [1.29, 1.82) is 0 Å². The smallest absolute Gasteiger partial charge is 0.243 e. The van der Waals surface area contributed by atoms with E-state index < -0.39 is 0 Å². The molecule has 96 valence electrons. The van der Waals surface area contributed by atoms with Crippen LogP contribution in [-0.4, -0.2) is 10.1 Å². The van der Waals surface area contributed by atoms with Gasteiger partial charge in [-0.25, -0.2) is 4.39 Å². The van der Waals surface area contributed by atoms with Crippen LogP contribution in [0, 0.1) is 11.7 Å². The lowest BCUT2D eigenvalue weighted by atomic mass is 10.1. The van der Waals surface area contributed by atoms with Crippen molar-refractivity contribution in [2.45, 2.75) is 26.3 Å². The minimum Gasteiger partial charge on any atom is -0.338 e. The SMILES string of the molecule is CC(C)[C@H](N)c1nc(Cc2ccc(F)cc2)no1. The molecular formula is C13H16FN3O. The summed E-state index contributed by atoms with van der Waals surface area (Å²) in [6, 6.07) is 5.98. The first-order valence-corrected chi connectivity index (χ1v) is 5.89. The summed E-state index contributed by atoms with van der Waals surface area (Å²) in [5.74, 6) is 0.994. The van der Waals surface area contributed by atoms with Crippen LogP contribution in [0.1, 0.15) is 37.2 Å². The van der Waals surface area contributed by atoms with Gasteiger partial charge in [-0.05, 0) is 23.6 Å². The lowest BCUT2D eigenvalue weighted by Gasteiger charge is -2.09. The zero-order valence-corrected chi connectivity index (χ0v) is 10.4. The monoisotopic (exact) mass is 249 g/mol. The zero-order chi connectivity index (χ0) is 13.1. The second-order valence-electron chi connectivity index (χ2n) is 4.62. The Morgan fingerprint density at radius 1 is 1.28 bits per heavy atom. The second kappa shape index (κ2) is 5.27. The van der Waals surface area contributed by atoms with Crippen molar-refractivity contribution in [1.82, 2.24) is 10.1 Å². The van der Waals surface area contributed by atoms with E-state index in [0.29, 0.717) is 18.1 Å². The van der Waals surface area contributed by atoms with Gasteiger partial charge in [-0.2, -0.15) is 4.98 Å². The molecule has 4 nitrogen and oxygen atoms in total. The fraction of sp³-hybridized carbons (Fsp3) is 0.385. The summed E-state index contributed by atoms with van der Waals surface area (Å²) in [6.07, 6.45) is 0.509. The molecule has 0 spiro atoms. The summed E-state index contributed by atoms with van der Waals surface area (Å²) in [6.45, 7) is 3.99. The Balaban J connectivity index is 2.09. The van der Waals surface area contributed by atoms with Gasteiger partial charge >= 0.3 is 0 Å². The van der Waals surface area contributed by atoms with E-state index >= 15 is 0 Å². The Kier molecular flexibility index (Phi) is 3.72. The molecule has 0 aliphatic rings. The van der Waals surface area contributed by atoms with Crippen LogP contribution >= 0.6 is 0 Å². The highest BCUT2D eigenvalue weighted by atomic mass is 19.1. The van der Waals surface area contributed by atoms with Crippen molar-refractivity contribution in [3.8, 4) is 0 Å². The quantitative estimate of drug-likeness (QED) is 0.904. The number of nitrogens with zero attached hydrogens (tertiary/aromatic N) is 2. The largest absolute Gasteiger partial charge is 0.338 e. The fourth-order valence-electron chi connectivity index (χ4n) is 1.54. The maximum absolute atomic E-state index is 12.8. The molecule has 5 heteroatoms. The predicted octanol–water partition coefficient (Wildman–Crippen LogP) is 2.46. The Hall–Kier alpha value is -1.75. The van der Waals surface area contributed by atoms with E-state index in [2.05, 4.69) is 10.1 Å². The van der Waals surface area contributed by atoms with Gasteiger partial charge < -0.3 is 10.3 Å². The van der Waals surface area contributed by atoms with Crippen LogP contribution < -0.4 is 5.73 Å². The summed E-state index contributed by atoms with van der Waals surface area (Å²) in [5.41, 5.74) is 6.85. The molecule has 0 amide bonds. The molecule has 0 aliphatic heterocycles. The highest BCUT2D eigenvalue weighted by Gasteiger charge is 2.17. The summed E-state index contributed by atoms with van der Waals surface area (Å²) in [7, 11) is 0. The van der Waals surface area contributed by atoms with E-state index in [4.69, 9.17) is 10.3 Å². The van der Waals surface area contributed by atoms with E-state index in [1.54, 1.807) is 12.1 Å². The Labute approximate surface area is 105 Å². The first-order chi connectivity index (χ1) is 8.56. The minimum absolute atomic E-state index is 0.240. The van der Waals surface area contributed by atoms with Gasteiger partial charge in [0, 0.05) is 6.42 Å². The number of halogens is 1. The molecule has 1 atom stereocenters. The third-order valence-corrected chi connectivity index (χ3v) is 2.76. The third kappa shape index (κ3) is 2.92. The first-order valence-electron chi connectivity index (χ1n) is 5.89. The number of aromatic nitrogens is 2. The van der Waals surface area contributed by atoms with Crippen molar-refractivity contribution in [3.63, 3.8) is 0 Å². The van der Waals surface area contributed by atoms with Gasteiger partial charge in [0.25, 0.3) is 0 Å². The minimum atomic E-state index is -0.255. The zero-order valence-electron chi connectivity index (χ0n) is 10.4. The van der Waals surface area contributed by atoms with E-state index in [1.807, 2.05) is 13.8 Å². The Morgan fingerprint density at radius 3 is 2.56 bits per heavy atom. The summed E-state index contributed by atoms with van der Waals surface area (Å²) >= 11 is 0. The molecule has 0 aliphatic carbocycles. The van der Waals surface area contributed by atoms with E-state index in [1.165, 1.54) is 12.1 Å². The average molecular weight is 249 g/mol. The van der Waals surface area contributed by atoms with Crippen LogP contribution in [0.15, 0.2) is 28.8 Å². The van der Waals surface area contributed by atoms with Gasteiger partial charge in [-0.3, -0.25) is 0 Å². The molecule has 0 saturated carbocycles. The van der Waals surface area contributed by atoms with Crippen LogP contribution in [0.5, 0.6) is 0 Å². The molecule has 0 bridgehead atoms. The van der Waals surface area contributed by atoms with Crippen LogP contribution in [0.4, 0.5) is 4.39 Å². The number of benzene rings is 1. The molecule has 0 radical (unpaired) electrons. The van der Waals surface area contributed by atoms with E-state index in [0.717, 1.165) is 5.56 Å². The highest BCUT2D eigenvalue weighted by molar-refractivity contribution is 5.19. The van der Waals surface area contributed by atoms with Crippen molar-refractivity contribution < 1.29 is 8.91 Å². The lowest BCUT2D eigenvalue weighted by molar-refractivity contribution is 0.322. The normalized spacial score (nSPS) is 12.9. The van der Waals surface area contributed by atoms with Crippen LogP contribution in [0.25, 0.3) is 0 Å². The second-order valence-corrected chi connectivity index (χ2v) is 4.62. The fourth-order valence-corrected chi connectivity index (χ4v) is 1.54. The van der Waals surface area contributed by atoms with E-state index in [-0.39, 0.29) is 17.8 Å². The maximum atomic E-state index is 12.8. The standard InChI is InChI=1S/C13H16FN3O/c1-8(2)12(15)13-16-11(17-18-13)7-9-3-5-10(14)6-4-9/h3-6,8,12H,7,15H2,1-2H3/t12-/m0/s1. The van der Waals surface area contributed by atoms with Gasteiger partial charge in [-0.1, -0.05) is 31.1 Å². The molecule has 18 heavy (non-hydrogen) atoms. The maximum Gasteiger partial charge on any atom is 0.243 e. The van der Waals surface area contributed by atoms with Gasteiger partial charge in [0.05, 0.1) is 6.04 Å².